The summed E-state index contributed by atoms with van der Waals surface area (Å²) in [5, 5.41) is 2.59. The first-order valence-corrected chi connectivity index (χ1v) is 4.36. The summed E-state index contributed by atoms with van der Waals surface area (Å²) in [6.07, 6.45) is -2.58. The van der Waals surface area contributed by atoms with E-state index < -0.39 is 18.9 Å². The molecule has 1 N–H and O–H groups in total. The van der Waals surface area contributed by atoms with Gasteiger partial charge in [-0.1, -0.05) is 0 Å². The molecule has 2 heterocycles. The maximum atomic E-state index is 12.3. The summed E-state index contributed by atoms with van der Waals surface area (Å²) in [5.74, 6) is 0.0874. The van der Waals surface area contributed by atoms with Crippen LogP contribution >= 0.6 is 0 Å². The van der Waals surface area contributed by atoms with Gasteiger partial charge in [0.25, 0.3) is 0 Å². The largest absolute Gasteiger partial charge is 0.406 e. The molecule has 0 radical (unpaired) electrons. The molecular formula is C8H7F3N4O. The van der Waals surface area contributed by atoms with Gasteiger partial charge < -0.3 is 10.2 Å². The van der Waals surface area contributed by atoms with Gasteiger partial charge in [-0.3, -0.25) is 4.79 Å². The predicted octanol–water partition coefficient (Wildman–Crippen LogP) is 0.796. The van der Waals surface area contributed by atoms with E-state index in [1.54, 1.807) is 0 Å². The van der Waals surface area contributed by atoms with Crippen molar-refractivity contribution >= 4 is 17.8 Å². The number of rotatable bonds is 2. The lowest BCUT2D eigenvalue weighted by atomic mass is 10.4. The van der Waals surface area contributed by atoms with Crippen LogP contribution in [0, 0.1) is 0 Å². The van der Waals surface area contributed by atoms with Gasteiger partial charge in [0.05, 0.1) is 11.9 Å². The third-order valence-corrected chi connectivity index (χ3v) is 2.08. The average molecular weight is 232 g/mol. The van der Waals surface area contributed by atoms with Gasteiger partial charge in [0.15, 0.2) is 18.3 Å². The van der Waals surface area contributed by atoms with Crippen LogP contribution in [-0.2, 0) is 4.79 Å². The van der Waals surface area contributed by atoms with Crippen molar-refractivity contribution in [3.8, 4) is 0 Å². The van der Waals surface area contributed by atoms with Crippen molar-refractivity contribution in [1.29, 1.82) is 0 Å². The summed E-state index contributed by atoms with van der Waals surface area (Å²) >= 11 is 0. The first kappa shape index (κ1) is 10.7. The lowest BCUT2D eigenvalue weighted by Crippen LogP contribution is -2.43. The molecule has 0 saturated heterocycles. The van der Waals surface area contributed by atoms with Gasteiger partial charge >= 0.3 is 6.18 Å². The minimum absolute atomic E-state index is 0.0874. The van der Waals surface area contributed by atoms with Crippen molar-refractivity contribution in [2.24, 2.45) is 0 Å². The smallest absolute Gasteiger partial charge is 0.355 e. The number of aldehydes is 1. The van der Waals surface area contributed by atoms with Crippen LogP contribution in [0.2, 0.25) is 0 Å². The van der Waals surface area contributed by atoms with Crippen LogP contribution in [0.4, 0.5) is 24.7 Å². The Morgan fingerprint density at radius 2 is 2.31 bits per heavy atom. The SMILES string of the molecule is O=CC1Nc2cncnc2N1CC(F)(F)F. The van der Waals surface area contributed by atoms with E-state index in [9.17, 15) is 18.0 Å². The molecule has 16 heavy (non-hydrogen) atoms. The van der Waals surface area contributed by atoms with Gasteiger partial charge in [-0.05, 0) is 0 Å². The van der Waals surface area contributed by atoms with Gasteiger partial charge in [0, 0.05) is 0 Å². The van der Waals surface area contributed by atoms with Gasteiger partial charge in [0.1, 0.15) is 12.9 Å². The van der Waals surface area contributed by atoms with Crippen LogP contribution in [-0.4, -0.2) is 35.1 Å². The number of fused-ring (bicyclic) bond motifs is 1. The Morgan fingerprint density at radius 3 is 2.94 bits per heavy atom. The number of carbonyl (C=O) groups excluding carboxylic acids is 1. The number of nitrogens with zero attached hydrogens (tertiary/aromatic N) is 3. The fourth-order valence-electron chi connectivity index (χ4n) is 1.50. The Morgan fingerprint density at radius 1 is 1.56 bits per heavy atom. The van der Waals surface area contributed by atoms with Gasteiger partial charge in [0.2, 0.25) is 0 Å². The molecule has 0 fully saturated rings. The second-order valence-corrected chi connectivity index (χ2v) is 3.23. The molecule has 1 unspecified atom stereocenters. The summed E-state index contributed by atoms with van der Waals surface area (Å²) in [7, 11) is 0. The molecule has 0 bridgehead atoms. The van der Waals surface area contributed by atoms with Gasteiger partial charge in [-0.2, -0.15) is 13.2 Å². The van der Waals surface area contributed by atoms with Crippen LogP contribution < -0.4 is 10.2 Å². The average Bonchev–Trinajstić information content (AvgIpc) is 2.55. The zero-order valence-corrected chi connectivity index (χ0v) is 7.90. The minimum atomic E-state index is -4.39. The van der Waals surface area contributed by atoms with Crippen LogP contribution in [0.1, 0.15) is 0 Å². The van der Waals surface area contributed by atoms with Crippen molar-refractivity contribution in [3.05, 3.63) is 12.5 Å². The lowest BCUT2D eigenvalue weighted by Gasteiger charge is -2.22. The summed E-state index contributed by atoms with van der Waals surface area (Å²) in [4.78, 5) is 18.9. The zero-order valence-electron chi connectivity index (χ0n) is 7.90. The maximum Gasteiger partial charge on any atom is 0.406 e. The van der Waals surface area contributed by atoms with Crippen molar-refractivity contribution in [2.75, 3.05) is 16.8 Å². The number of hydrogen-bond acceptors (Lipinski definition) is 5. The molecule has 0 spiro atoms. The standard InChI is InChI=1S/C8H7F3N4O/c9-8(10,11)3-15-6(2-16)14-5-1-12-4-13-7(5)15/h1-2,4,6,14H,3H2. The fraction of sp³-hybridized carbons (Fsp3) is 0.375. The minimum Gasteiger partial charge on any atom is -0.355 e. The summed E-state index contributed by atoms with van der Waals surface area (Å²) in [5.41, 5.74) is 0.323. The number of aromatic nitrogens is 2. The zero-order chi connectivity index (χ0) is 11.8. The summed E-state index contributed by atoms with van der Waals surface area (Å²) < 4.78 is 36.8. The maximum absolute atomic E-state index is 12.3. The highest BCUT2D eigenvalue weighted by molar-refractivity contribution is 5.81. The van der Waals surface area contributed by atoms with E-state index in [-0.39, 0.29) is 5.82 Å². The molecule has 1 aliphatic heterocycles. The number of hydrogen-bond donors (Lipinski definition) is 1. The van der Waals surface area contributed by atoms with E-state index >= 15 is 0 Å². The van der Waals surface area contributed by atoms with E-state index in [1.807, 2.05) is 0 Å². The van der Waals surface area contributed by atoms with E-state index in [1.165, 1.54) is 6.20 Å². The Kier molecular flexibility index (Phi) is 2.41. The van der Waals surface area contributed by atoms with E-state index in [4.69, 9.17) is 0 Å². The number of alkyl halides is 3. The summed E-state index contributed by atoms with van der Waals surface area (Å²) in [6, 6.07) is 0. The normalized spacial score (nSPS) is 19.2. The topological polar surface area (TPSA) is 58.1 Å². The molecule has 0 saturated carbocycles. The van der Waals surface area contributed by atoms with Crippen LogP contribution in [0.25, 0.3) is 0 Å². The number of carbonyl (C=O) groups is 1. The Balaban J connectivity index is 2.31. The third kappa shape index (κ3) is 1.90. The number of nitrogens with one attached hydrogen (secondary N) is 1. The van der Waals surface area contributed by atoms with Crippen LogP contribution in [0.3, 0.4) is 0 Å². The first-order chi connectivity index (χ1) is 7.51. The fourth-order valence-corrected chi connectivity index (χ4v) is 1.50. The molecule has 86 valence electrons. The number of anilines is 2. The highest BCUT2D eigenvalue weighted by atomic mass is 19.4. The molecule has 1 aliphatic rings. The van der Waals surface area contributed by atoms with Crippen molar-refractivity contribution < 1.29 is 18.0 Å². The predicted molar refractivity (Wildman–Crippen MR) is 48.9 cm³/mol. The molecule has 1 aromatic rings. The van der Waals surface area contributed by atoms with Crippen molar-refractivity contribution in [2.45, 2.75) is 12.3 Å². The third-order valence-electron chi connectivity index (χ3n) is 2.08. The first-order valence-electron chi connectivity index (χ1n) is 4.36. The molecule has 8 heteroatoms. The van der Waals surface area contributed by atoms with E-state index in [0.717, 1.165) is 11.2 Å². The monoisotopic (exact) mass is 232 g/mol. The number of halogens is 3. The summed E-state index contributed by atoms with van der Waals surface area (Å²) in [6.45, 7) is -1.23. The molecule has 0 amide bonds. The molecule has 0 aliphatic carbocycles. The second-order valence-electron chi connectivity index (χ2n) is 3.23. The Hall–Kier alpha value is -1.86. The highest BCUT2D eigenvalue weighted by Gasteiger charge is 2.39. The highest BCUT2D eigenvalue weighted by Crippen LogP contribution is 2.32. The molecule has 1 aromatic heterocycles. The molecule has 1 atom stereocenters. The molecule has 2 rings (SSSR count). The van der Waals surface area contributed by atoms with Crippen LogP contribution in [0.5, 0.6) is 0 Å². The Labute approximate surface area is 88.3 Å². The van der Waals surface area contributed by atoms with Gasteiger partial charge in [-0.15, -0.1) is 0 Å². The van der Waals surface area contributed by atoms with Crippen molar-refractivity contribution in [3.63, 3.8) is 0 Å². The van der Waals surface area contributed by atoms with E-state index in [0.29, 0.717) is 12.0 Å². The van der Waals surface area contributed by atoms with Crippen LogP contribution in [0.15, 0.2) is 12.5 Å². The Bertz CT molecular complexity index is 409. The van der Waals surface area contributed by atoms with E-state index in [2.05, 4.69) is 15.3 Å². The molecular weight excluding hydrogens is 225 g/mol. The molecule has 5 nitrogen and oxygen atoms in total. The second kappa shape index (κ2) is 3.62. The van der Waals surface area contributed by atoms with Crippen molar-refractivity contribution in [1.82, 2.24) is 9.97 Å². The quantitative estimate of drug-likeness (QED) is 0.764. The van der Waals surface area contributed by atoms with Gasteiger partial charge in [-0.25, -0.2) is 9.97 Å². The lowest BCUT2D eigenvalue weighted by molar-refractivity contribution is -0.121. The molecule has 0 aromatic carbocycles.